The second kappa shape index (κ2) is 5.61. The summed E-state index contributed by atoms with van der Waals surface area (Å²) in [5, 5.41) is 4.50. The van der Waals surface area contributed by atoms with Crippen molar-refractivity contribution in [2.24, 2.45) is 0 Å². The molecule has 2 aromatic carbocycles. The lowest BCUT2D eigenvalue weighted by Gasteiger charge is -2.04. The zero-order valence-corrected chi connectivity index (χ0v) is 11.4. The van der Waals surface area contributed by atoms with Crippen LogP contribution in [0.5, 0.6) is 5.75 Å². The van der Waals surface area contributed by atoms with E-state index in [1.165, 1.54) is 5.56 Å². The molecule has 20 heavy (non-hydrogen) atoms. The lowest BCUT2D eigenvalue weighted by Crippen LogP contribution is -1.99. The van der Waals surface area contributed by atoms with E-state index in [9.17, 15) is 0 Å². The van der Waals surface area contributed by atoms with Crippen molar-refractivity contribution in [1.82, 2.24) is 9.78 Å². The molecule has 0 amide bonds. The minimum absolute atomic E-state index is 0.475. The summed E-state index contributed by atoms with van der Waals surface area (Å²) in [5.74, 6) is 0.866. The summed E-state index contributed by atoms with van der Waals surface area (Å²) >= 11 is 0. The van der Waals surface area contributed by atoms with Gasteiger partial charge < -0.3 is 4.74 Å². The Kier molecular flexibility index (Phi) is 3.50. The molecular weight excluding hydrogens is 248 g/mol. The third kappa shape index (κ3) is 2.88. The first-order valence-electron chi connectivity index (χ1n) is 6.61. The highest BCUT2D eigenvalue weighted by Crippen LogP contribution is 2.14. The molecule has 3 aromatic rings. The Morgan fingerprint density at radius 2 is 1.70 bits per heavy atom. The highest BCUT2D eigenvalue weighted by Gasteiger charge is 2.02. The summed E-state index contributed by atoms with van der Waals surface area (Å²) in [6.45, 7) is 2.54. The summed E-state index contributed by atoms with van der Waals surface area (Å²) < 4.78 is 7.58. The smallest absolute Gasteiger partial charge is 0.132 e. The SMILES string of the molecule is Cc1ccc(OCc2ccn(-c3ccccc3)n2)cc1. The van der Waals surface area contributed by atoms with E-state index in [1.807, 2.05) is 71.5 Å². The molecule has 0 aliphatic rings. The van der Waals surface area contributed by atoms with Gasteiger partial charge in [-0.1, -0.05) is 35.9 Å². The van der Waals surface area contributed by atoms with Crippen LogP contribution < -0.4 is 4.74 Å². The van der Waals surface area contributed by atoms with Gasteiger partial charge in [-0.05, 0) is 37.3 Å². The Labute approximate surface area is 118 Å². The number of para-hydroxylation sites is 1. The van der Waals surface area contributed by atoms with Crippen LogP contribution >= 0.6 is 0 Å². The fraction of sp³-hybridized carbons (Fsp3) is 0.118. The number of hydrogen-bond donors (Lipinski definition) is 0. The maximum Gasteiger partial charge on any atom is 0.132 e. The number of rotatable bonds is 4. The Bertz CT molecular complexity index is 672. The van der Waals surface area contributed by atoms with Crippen molar-refractivity contribution in [3.8, 4) is 11.4 Å². The predicted octanol–water partition coefficient (Wildman–Crippen LogP) is 3.76. The van der Waals surface area contributed by atoms with Crippen molar-refractivity contribution in [2.75, 3.05) is 0 Å². The van der Waals surface area contributed by atoms with E-state index >= 15 is 0 Å². The van der Waals surface area contributed by atoms with Gasteiger partial charge in [0.05, 0.1) is 5.69 Å². The molecule has 0 radical (unpaired) electrons. The van der Waals surface area contributed by atoms with Crippen LogP contribution in [0.4, 0.5) is 0 Å². The molecule has 0 aliphatic heterocycles. The van der Waals surface area contributed by atoms with Crippen LogP contribution in [0.25, 0.3) is 5.69 Å². The van der Waals surface area contributed by atoms with E-state index in [4.69, 9.17) is 4.74 Å². The topological polar surface area (TPSA) is 27.1 Å². The van der Waals surface area contributed by atoms with Gasteiger partial charge in [0.2, 0.25) is 0 Å². The van der Waals surface area contributed by atoms with Crippen molar-refractivity contribution in [1.29, 1.82) is 0 Å². The molecule has 3 nitrogen and oxygen atoms in total. The van der Waals surface area contributed by atoms with Gasteiger partial charge in [0.15, 0.2) is 0 Å². The molecular formula is C17H16N2O. The van der Waals surface area contributed by atoms with Crippen LogP contribution in [0.1, 0.15) is 11.3 Å². The number of nitrogens with zero attached hydrogens (tertiary/aromatic N) is 2. The second-order valence-electron chi connectivity index (χ2n) is 4.69. The van der Waals surface area contributed by atoms with Crippen molar-refractivity contribution >= 4 is 0 Å². The van der Waals surface area contributed by atoms with E-state index in [2.05, 4.69) is 12.0 Å². The van der Waals surface area contributed by atoms with Crippen LogP contribution in [-0.2, 0) is 6.61 Å². The largest absolute Gasteiger partial charge is 0.487 e. The van der Waals surface area contributed by atoms with Gasteiger partial charge in [-0.3, -0.25) is 0 Å². The van der Waals surface area contributed by atoms with Crippen LogP contribution in [-0.4, -0.2) is 9.78 Å². The molecule has 0 atom stereocenters. The lowest BCUT2D eigenvalue weighted by atomic mass is 10.2. The number of aromatic nitrogens is 2. The van der Waals surface area contributed by atoms with Gasteiger partial charge in [-0.25, -0.2) is 4.68 Å². The highest BCUT2D eigenvalue weighted by atomic mass is 16.5. The molecule has 1 aromatic heterocycles. The monoisotopic (exact) mass is 264 g/mol. The summed E-state index contributed by atoms with van der Waals surface area (Å²) in [6, 6.07) is 20.0. The molecule has 0 spiro atoms. The quantitative estimate of drug-likeness (QED) is 0.717. The third-order valence-electron chi connectivity index (χ3n) is 3.07. The number of benzene rings is 2. The van der Waals surface area contributed by atoms with Gasteiger partial charge >= 0.3 is 0 Å². The normalized spacial score (nSPS) is 10.4. The second-order valence-corrected chi connectivity index (χ2v) is 4.69. The van der Waals surface area contributed by atoms with Crippen molar-refractivity contribution in [3.63, 3.8) is 0 Å². The van der Waals surface area contributed by atoms with Crippen molar-refractivity contribution < 1.29 is 4.74 Å². The van der Waals surface area contributed by atoms with Gasteiger partial charge in [-0.2, -0.15) is 5.10 Å². The number of aryl methyl sites for hydroxylation is 1. The molecule has 1 heterocycles. The van der Waals surface area contributed by atoms with Crippen LogP contribution in [0.15, 0.2) is 66.9 Å². The fourth-order valence-corrected chi connectivity index (χ4v) is 1.95. The molecule has 0 bridgehead atoms. The molecule has 0 N–H and O–H groups in total. The fourth-order valence-electron chi connectivity index (χ4n) is 1.95. The standard InChI is InChI=1S/C17H16N2O/c1-14-7-9-17(10-8-14)20-13-15-11-12-19(18-15)16-5-3-2-4-6-16/h2-12H,13H2,1H3. The van der Waals surface area contributed by atoms with Crippen molar-refractivity contribution in [2.45, 2.75) is 13.5 Å². The summed E-state index contributed by atoms with van der Waals surface area (Å²) in [6.07, 6.45) is 1.95. The van der Waals surface area contributed by atoms with Gasteiger partial charge in [0, 0.05) is 6.20 Å². The Morgan fingerprint density at radius 3 is 2.45 bits per heavy atom. The van der Waals surface area contributed by atoms with Crippen molar-refractivity contribution in [3.05, 3.63) is 78.1 Å². The summed E-state index contributed by atoms with van der Waals surface area (Å²) in [5.41, 5.74) is 3.19. The first-order chi connectivity index (χ1) is 9.81. The number of ether oxygens (including phenoxy) is 1. The average molecular weight is 264 g/mol. The predicted molar refractivity (Wildman–Crippen MR) is 79.1 cm³/mol. The molecule has 0 saturated carbocycles. The van der Waals surface area contributed by atoms with E-state index in [0.29, 0.717) is 6.61 Å². The van der Waals surface area contributed by atoms with Crippen LogP contribution in [0.2, 0.25) is 0 Å². The zero-order valence-electron chi connectivity index (χ0n) is 11.4. The molecule has 0 saturated heterocycles. The maximum absolute atomic E-state index is 5.72. The minimum Gasteiger partial charge on any atom is -0.487 e. The minimum atomic E-state index is 0.475. The lowest BCUT2D eigenvalue weighted by molar-refractivity contribution is 0.300. The highest BCUT2D eigenvalue weighted by molar-refractivity contribution is 5.30. The molecule has 100 valence electrons. The van der Waals surface area contributed by atoms with Crippen LogP contribution in [0.3, 0.4) is 0 Å². The van der Waals surface area contributed by atoms with E-state index in [1.54, 1.807) is 0 Å². The maximum atomic E-state index is 5.72. The molecule has 0 aliphatic carbocycles. The first-order valence-corrected chi connectivity index (χ1v) is 6.61. The average Bonchev–Trinajstić information content (AvgIpc) is 2.97. The Morgan fingerprint density at radius 1 is 0.950 bits per heavy atom. The van der Waals surface area contributed by atoms with Gasteiger partial charge in [0.1, 0.15) is 18.1 Å². The summed E-state index contributed by atoms with van der Waals surface area (Å²) in [4.78, 5) is 0. The Balaban J connectivity index is 1.67. The van der Waals surface area contributed by atoms with E-state index < -0.39 is 0 Å². The zero-order chi connectivity index (χ0) is 13.8. The molecule has 0 unspecified atom stereocenters. The molecule has 3 rings (SSSR count). The van der Waals surface area contributed by atoms with E-state index in [0.717, 1.165) is 17.1 Å². The van der Waals surface area contributed by atoms with Gasteiger partial charge in [-0.15, -0.1) is 0 Å². The summed E-state index contributed by atoms with van der Waals surface area (Å²) in [7, 11) is 0. The third-order valence-corrected chi connectivity index (χ3v) is 3.07. The van der Waals surface area contributed by atoms with Gasteiger partial charge in [0.25, 0.3) is 0 Å². The molecule has 0 fully saturated rings. The number of hydrogen-bond acceptors (Lipinski definition) is 2. The van der Waals surface area contributed by atoms with Crippen LogP contribution in [0, 0.1) is 6.92 Å². The first kappa shape index (κ1) is 12.5. The molecule has 3 heteroatoms. The Hall–Kier alpha value is -2.55. The van der Waals surface area contributed by atoms with E-state index in [-0.39, 0.29) is 0 Å².